The van der Waals surface area contributed by atoms with E-state index in [1.807, 2.05) is 13.0 Å². The molecule has 0 radical (unpaired) electrons. The van der Waals surface area contributed by atoms with Gasteiger partial charge in [-0.2, -0.15) is 5.26 Å². The number of hydrogen-bond acceptors (Lipinski definition) is 3. The molecule has 0 aromatic rings. The molecule has 0 aromatic heterocycles. The van der Waals surface area contributed by atoms with Crippen LogP contribution in [0.2, 0.25) is 0 Å². The van der Waals surface area contributed by atoms with Crippen molar-refractivity contribution in [3.05, 3.63) is 23.4 Å². The summed E-state index contributed by atoms with van der Waals surface area (Å²) in [4.78, 5) is 0. The van der Waals surface area contributed by atoms with Crippen molar-refractivity contribution >= 4 is 11.6 Å². The van der Waals surface area contributed by atoms with Gasteiger partial charge in [-0.15, -0.1) is 0 Å². The first-order chi connectivity index (χ1) is 5.06. The Balaban J connectivity index is 3.01. The van der Waals surface area contributed by atoms with Crippen LogP contribution in [0.15, 0.2) is 23.4 Å². The van der Waals surface area contributed by atoms with Crippen LogP contribution in [0.1, 0.15) is 6.92 Å². The van der Waals surface area contributed by atoms with E-state index in [1.54, 1.807) is 12.2 Å². The molecule has 3 nitrogen and oxygen atoms in total. The zero-order valence-corrected chi connectivity index (χ0v) is 6.81. The summed E-state index contributed by atoms with van der Waals surface area (Å²) in [7, 11) is 0. The lowest BCUT2D eigenvalue weighted by atomic mass is 10.1. The topological polar surface area (TPSA) is 61.8 Å². The van der Waals surface area contributed by atoms with Gasteiger partial charge in [-0.3, -0.25) is 5.73 Å². The maximum Gasteiger partial charge on any atom is 0.200 e. The van der Waals surface area contributed by atoms with Gasteiger partial charge in [-0.1, -0.05) is 11.6 Å². The van der Waals surface area contributed by atoms with Crippen molar-refractivity contribution < 1.29 is 0 Å². The fourth-order valence-electron chi connectivity index (χ4n) is 0.844. The number of nitrogens with one attached hydrogen (secondary N) is 1. The predicted octanol–water partition coefficient (Wildman–Crippen LogP) is 0.795. The van der Waals surface area contributed by atoms with Crippen molar-refractivity contribution in [3.8, 4) is 6.07 Å². The molecule has 0 fully saturated rings. The summed E-state index contributed by atoms with van der Waals surface area (Å²) in [5.41, 5.74) is 6.72. The maximum atomic E-state index is 8.56. The largest absolute Gasteiger partial charge is 0.354 e. The Morgan fingerprint density at radius 1 is 1.73 bits per heavy atom. The van der Waals surface area contributed by atoms with Gasteiger partial charge in [-0.05, 0) is 19.1 Å². The average Bonchev–Trinajstić information content (AvgIpc) is 1.85. The van der Waals surface area contributed by atoms with Gasteiger partial charge in [-0.25, -0.2) is 0 Å². The number of nitriles is 1. The normalized spacial score (nSPS) is 29.6. The van der Waals surface area contributed by atoms with Gasteiger partial charge in [0, 0.05) is 5.70 Å². The molecule has 0 saturated carbocycles. The summed E-state index contributed by atoms with van der Waals surface area (Å²) in [5.74, 6) is 0. The molecule has 58 valence electrons. The first-order valence-corrected chi connectivity index (χ1v) is 3.49. The number of allylic oxidation sites excluding steroid dienone is 3. The molecule has 1 aliphatic heterocycles. The number of nitrogens with two attached hydrogens (primary N) is 1. The second-order valence-corrected chi connectivity index (χ2v) is 2.97. The van der Waals surface area contributed by atoms with Crippen LogP contribution in [-0.2, 0) is 0 Å². The van der Waals surface area contributed by atoms with Crippen LogP contribution in [0.4, 0.5) is 0 Å². The highest BCUT2D eigenvalue weighted by molar-refractivity contribution is 6.25. The summed E-state index contributed by atoms with van der Waals surface area (Å²) >= 11 is 5.77. The lowest BCUT2D eigenvalue weighted by Crippen LogP contribution is -2.49. The van der Waals surface area contributed by atoms with Gasteiger partial charge in [0.1, 0.15) is 0 Å². The van der Waals surface area contributed by atoms with E-state index in [4.69, 9.17) is 22.6 Å². The molecule has 1 heterocycles. The third-order valence-corrected chi connectivity index (χ3v) is 1.69. The lowest BCUT2D eigenvalue weighted by Gasteiger charge is -2.26. The van der Waals surface area contributed by atoms with E-state index in [0.717, 1.165) is 5.70 Å². The maximum absolute atomic E-state index is 8.56. The van der Waals surface area contributed by atoms with Crippen LogP contribution in [0, 0.1) is 11.3 Å². The molecule has 3 N–H and O–H groups in total. The molecule has 1 aliphatic rings. The molecule has 1 atom stereocenters. The summed E-state index contributed by atoms with van der Waals surface area (Å²) < 4.78 is 0. The van der Waals surface area contributed by atoms with E-state index < -0.39 is 5.12 Å². The Morgan fingerprint density at radius 2 is 2.36 bits per heavy atom. The Labute approximate surface area is 70.1 Å². The smallest absolute Gasteiger partial charge is 0.200 e. The quantitative estimate of drug-likeness (QED) is 0.417. The highest BCUT2D eigenvalue weighted by Gasteiger charge is 2.28. The number of halogens is 1. The van der Waals surface area contributed by atoms with E-state index in [2.05, 4.69) is 5.32 Å². The van der Waals surface area contributed by atoms with Gasteiger partial charge in [0.05, 0.1) is 11.6 Å². The highest BCUT2D eigenvalue weighted by Crippen LogP contribution is 2.20. The highest BCUT2D eigenvalue weighted by atomic mass is 35.5. The molecule has 0 saturated heterocycles. The van der Waals surface area contributed by atoms with Crippen LogP contribution in [0.3, 0.4) is 0 Å². The van der Waals surface area contributed by atoms with E-state index >= 15 is 0 Å². The van der Waals surface area contributed by atoms with E-state index in [1.165, 1.54) is 0 Å². The van der Waals surface area contributed by atoms with Crippen LogP contribution < -0.4 is 11.1 Å². The SMILES string of the molecule is CC1=CC=C(C#N)C(N)(Cl)N1. The van der Waals surface area contributed by atoms with Crippen LogP contribution in [0.5, 0.6) is 0 Å². The molecule has 0 aliphatic carbocycles. The number of dihydropyridines is 1. The second-order valence-electron chi connectivity index (χ2n) is 2.38. The zero-order chi connectivity index (χ0) is 8.48. The lowest BCUT2D eigenvalue weighted by molar-refractivity contribution is 0.602. The molecule has 0 aromatic carbocycles. The second kappa shape index (κ2) is 2.57. The van der Waals surface area contributed by atoms with Crippen LogP contribution >= 0.6 is 11.6 Å². The van der Waals surface area contributed by atoms with Crippen molar-refractivity contribution in [1.29, 1.82) is 5.26 Å². The first kappa shape index (κ1) is 8.12. The number of rotatable bonds is 0. The Kier molecular flexibility index (Phi) is 1.90. The average molecular weight is 170 g/mol. The van der Waals surface area contributed by atoms with Gasteiger partial charge in [0.15, 0.2) is 5.12 Å². The van der Waals surface area contributed by atoms with E-state index in [-0.39, 0.29) is 0 Å². The number of alkyl halides is 1. The first-order valence-electron chi connectivity index (χ1n) is 3.11. The molecule has 1 unspecified atom stereocenters. The molecule has 4 heteroatoms. The Bertz CT molecular complexity index is 270. The number of hydrogen-bond donors (Lipinski definition) is 2. The predicted molar refractivity (Wildman–Crippen MR) is 43.4 cm³/mol. The van der Waals surface area contributed by atoms with Gasteiger partial charge in [0.2, 0.25) is 0 Å². The Hall–Kier alpha value is -0.980. The van der Waals surface area contributed by atoms with E-state index in [0.29, 0.717) is 5.57 Å². The third-order valence-electron chi connectivity index (χ3n) is 1.39. The molecular formula is C7H8ClN3. The van der Waals surface area contributed by atoms with Crippen LogP contribution in [-0.4, -0.2) is 5.12 Å². The van der Waals surface area contributed by atoms with Crippen LogP contribution in [0.25, 0.3) is 0 Å². The van der Waals surface area contributed by atoms with Crippen molar-refractivity contribution in [2.45, 2.75) is 12.0 Å². The molecular weight excluding hydrogens is 162 g/mol. The minimum absolute atomic E-state index is 0.324. The number of nitrogens with zero attached hydrogens (tertiary/aromatic N) is 1. The molecule has 0 amide bonds. The van der Waals surface area contributed by atoms with Gasteiger partial charge < -0.3 is 5.32 Å². The van der Waals surface area contributed by atoms with Crippen molar-refractivity contribution in [2.24, 2.45) is 5.73 Å². The van der Waals surface area contributed by atoms with Crippen molar-refractivity contribution in [1.82, 2.24) is 5.32 Å². The fourth-order valence-corrected chi connectivity index (χ4v) is 1.10. The van der Waals surface area contributed by atoms with E-state index in [9.17, 15) is 0 Å². The molecule has 1 rings (SSSR count). The molecule has 0 spiro atoms. The summed E-state index contributed by atoms with van der Waals surface area (Å²) in [6.07, 6.45) is 3.37. The van der Waals surface area contributed by atoms with Crippen molar-refractivity contribution in [2.75, 3.05) is 0 Å². The van der Waals surface area contributed by atoms with Gasteiger partial charge in [0.25, 0.3) is 0 Å². The fraction of sp³-hybridized carbons (Fsp3) is 0.286. The third kappa shape index (κ3) is 1.53. The Morgan fingerprint density at radius 3 is 2.82 bits per heavy atom. The minimum Gasteiger partial charge on any atom is -0.354 e. The zero-order valence-electron chi connectivity index (χ0n) is 6.06. The molecule has 0 bridgehead atoms. The van der Waals surface area contributed by atoms with Crippen molar-refractivity contribution in [3.63, 3.8) is 0 Å². The van der Waals surface area contributed by atoms with Gasteiger partial charge >= 0.3 is 0 Å². The monoisotopic (exact) mass is 169 g/mol. The summed E-state index contributed by atoms with van der Waals surface area (Å²) in [6, 6.07) is 1.91. The summed E-state index contributed by atoms with van der Waals surface area (Å²) in [6.45, 7) is 1.83. The summed E-state index contributed by atoms with van der Waals surface area (Å²) in [5, 5.41) is 10.1. The standard InChI is InChI=1S/C7H8ClN3/c1-5-2-3-6(4-9)7(8,10)11-5/h2-3,11H,10H2,1H3. The molecule has 11 heavy (non-hydrogen) atoms. The minimum atomic E-state index is -1.23.